The van der Waals surface area contributed by atoms with Gasteiger partial charge in [0.25, 0.3) is 5.91 Å². The smallest absolute Gasteiger partial charge is 0.251 e. The molecule has 0 bridgehead atoms. The molecule has 1 fully saturated rings. The minimum absolute atomic E-state index is 0.0318. The summed E-state index contributed by atoms with van der Waals surface area (Å²) < 4.78 is 34.7. The highest BCUT2D eigenvalue weighted by Gasteiger charge is 2.30. The third-order valence-electron chi connectivity index (χ3n) is 6.00. The molecule has 2 heterocycles. The van der Waals surface area contributed by atoms with E-state index < -0.39 is 10.0 Å². The lowest BCUT2D eigenvalue weighted by atomic mass is 10.1. The molecule has 9 heteroatoms. The normalized spacial score (nSPS) is 14.3. The van der Waals surface area contributed by atoms with Crippen LogP contribution in [0.25, 0.3) is 5.69 Å². The van der Waals surface area contributed by atoms with Gasteiger partial charge in [0.1, 0.15) is 10.6 Å². The molecule has 1 aliphatic heterocycles. The maximum atomic E-state index is 13.0. The molecule has 34 heavy (non-hydrogen) atoms. The van der Waals surface area contributed by atoms with Gasteiger partial charge in [-0.3, -0.25) is 4.79 Å². The van der Waals surface area contributed by atoms with E-state index in [0.29, 0.717) is 31.6 Å². The molecule has 1 amide bonds. The molecule has 4 rings (SSSR count). The predicted octanol–water partition coefficient (Wildman–Crippen LogP) is 3.25. The van der Waals surface area contributed by atoms with Crippen LogP contribution in [0.1, 0.15) is 40.2 Å². The van der Waals surface area contributed by atoms with E-state index in [2.05, 4.69) is 10.4 Å². The second-order valence-electron chi connectivity index (χ2n) is 8.49. The Labute approximate surface area is 200 Å². The fourth-order valence-corrected chi connectivity index (χ4v) is 5.90. The second kappa shape index (κ2) is 9.99. The number of benzene rings is 2. The molecule has 0 aliphatic carbocycles. The number of carbonyl (C=O) groups is 1. The fourth-order valence-electron chi connectivity index (χ4n) is 4.20. The Morgan fingerprint density at radius 2 is 1.76 bits per heavy atom. The first-order valence-corrected chi connectivity index (χ1v) is 12.8. The van der Waals surface area contributed by atoms with Crippen LogP contribution in [0, 0.1) is 13.8 Å². The zero-order valence-electron chi connectivity index (χ0n) is 19.7. The molecule has 180 valence electrons. The number of ether oxygens (including phenoxy) is 1. The summed E-state index contributed by atoms with van der Waals surface area (Å²) in [4.78, 5) is 12.8. The van der Waals surface area contributed by atoms with Gasteiger partial charge < -0.3 is 10.1 Å². The van der Waals surface area contributed by atoms with Crippen LogP contribution in [0.5, 0.6) is 5.75 Å². The Balaban J connectivity index is 1.41. The molecule has 3 aromatic rings. The molecule has 0 saturated carbocycles. The van der Waals surface area contributed by atoms with Gasteiger partial charge in [-0.2, -0.15) is 9.40 Å². The summed E-state index contributed by atoms with van der Waals surface area (Å²) in [7, 11) is -2.28. The summed E-state index contributed by atoms with van der Waals surface area (Å²) in [6, 6.07) is 14.6. The molecule has 0 spiro atoms. The van der Waals surface area contributed by atoms with E-state index in [1.165, 1.54) is 23.5 Å². The topological polar surface area (TPSA) is 93.5 Å². The average Bonchev–Trinajstić information content (AvgIpc) is 3.49. The first kappa shape index (κ1) is 24.0. The third-order valence-corrected chi connectivity index (χ3v) is 7.92. The van der Waals surface area contributed by atoms with Gasteiger partial charge in [0, 0.05) is 30.9 Å². The van der Waals surface area contributed by atoms with E-state index in [1.54, 1.807) is 6.07 Å². The van der Waals surface area contributed by atoms with Gasteiger partial charge in [-0.25, -0.2) is 13.1 Å². The number of methoxy groups -OCH3 is 1. The summed E-state index contributed by atoms with van der Waals surface area (Å²) in [5.41, 5.74) is 4.40. The standard InChI is InChI=1S/C25H30N4O4S/c1-18-16-19(2)29(27-18)22-9-6-20(7-10-22)12-13-26-25(30)21-8-11-23(33-3)24(17-21)34(31,32)28-14-4-5-15-28/h6-11,16-17H,4-5,12-15H2,1-3H3,(H,26,30). The SMILES string of the molecule is COc1ccc(C(=O)NCCc2ccc(-n3nc(C)cc3C)cc2)cc1S(=O)(=O)N1CCCC1. The zero-order chi connectivity index (χ0) is 24.3. The van der Waals surface area contributed by atoms with Crippen molar-refractivity contribution in [3.05, 3.63) is 71.0 Å². The Kier molecular flexibility index (Phi) is 7.04. The predicted molar refractivity (Wildman–Crippen MR) is 130 cm³/mol. The van der Waals surface area contributed by atoms with Gasteiger partial charge in [-0.05, 0) is 75.1 Å². The van der Waals surface area contributed by atoms with Crippen molar-refractivity contribution in [3.63, 3.8) is 0 Å². The Morgan fingerprint density at radius 3 is 2.38 bits per heavy atom. The molecule has 0 atom stereocenters. The van der Waals surface area contributed by atoms with Crippen molar-refractivity contribution in [3.8, 4) is 11.4 Å². The molecule has 2 aromatic carbocycles. The number of amides is 1. The van der Waals surface area contributed by atoms with Gasteiger partial charge in [-0.1, -0.05) is 12.1 Å². The van der Waals surface area contributed by atoms with E-state index in [-0.39, 0.29) is 16.6 Å². The second-order valence-corrected chi connectivity index (χ2v) is 10.4. The van der Waals surface area contributed by atoms with Crippen molar-refractivity contribution in [2.75, 3.05) is 26.7 Å². The molecule has 1 N–H and O–H groups in total. The van der Waals surface area contributed by atoms with E-state index >= 15 is 0 Å². The van der Waals surface area contributed by atoms with E-state index in [1.807, 2.05) is 48.9 Å². The van der Waals surface area contributed by atoms with Gasteiger partial charge >= 0.3 is 0 Å². The van der Waals surface area contributed by atoms with Crippen LogP contribution < -0.4 is 10.1 Å². The quantitative estimate of drug-likeness (QED) is 0.532. The Bertz CT molecular complexity index is 1280. The highest BCUT2D eigenvalue weighted by atomic mass is 32.2. The van der Waals surface area contributed by atoms with Gasteiger partial charge in [0.05, 0.1) is 18.5 Å². The summed E-state index contributed by atoms with van der Waals surface area (Å²) in [6.45, 7) is 5.39. The maximum absolute atomic E-state index is 13.0. The van der Waals surface area contributed by atoms with Gasteiger partial charge in [0.2, 0.25) is 10.0 Å². The number of aryl methyl sites for hydroxylation is 2. The number of carbonyl (C=O) groups excluding carboxylic acids is 1. The van der Waals surface area contributed by atoms with Crippen LogP contribution in [0.4, 0.5) is 0 Å². The fraction of sp³-hybridized carbons (Fsp3) is 0.360. The number of hydrogen-bond donors (Lipinski definition) is 1. The Morgan fingerprint density at radius 1 is 1.06 bits per heavy atom. The van der Waals surface area contributed by atoms with Crippen LogP contribution in [0.2, 0.25) is 0 Å². The van der Waals surface area contributed by atoms with Crippen molar-refractivity contribution in [1.82, 2.24) is 19.4 Å². The van der Waals surface area contributed by atoms with Gasteiger partial charge in [-0.15, -0.1) is 0 Å². The van der Waals surface area contributed by atoms with E-state index in [9.17, 15) is 13.2 Å². The minimum Gasteiger partial charge on any atom is -0.495 e. The van der Waals surface area contributed by atoms with Crippen molar-refractivity contribution in [2.45, 2.75) is 38.0 Å². The molecule has 1 aliphatic rings. The largest absolute Gasteiger partial charge is 0.495 e. The number of nitrogens with zero attached hydrogens (tertiary/aromatic N) is 3. The van der Waals surface area contributed by atoms with Crippen LogP contribution in [-0.2, 0) is 16.4 Å². The lowest BCUT2D eigenvalue weighted by molar-refractivity contribution is 0.0954. The molecular weight excluding hydrogens is 452 g/mol. The monoisotopic (exact) mass is 482 g/mol. The average molecular weight is 483 g/mol. The highest BCUT2D eigenvalue weighted by Crippen LogP contribution is 2.29. The van der Waals surface area contributed by atoms with Crippen molar-refractivity contribution in [1.29, 1.82) is 0 Å². The lowest BCUT2D eigenvalue weighted by Gasteiger charge is -2.18. The van der Waals surface area contributed by atoms with Crippen molar-refractivity contribution in [2.24, 2.45) is 0 Å². The number of rotatable bonds is 8. The van der Waals surface area contributed by atoms with Crippen molar-refractivity contribution >= 4 is 15.9 Å². The van der Waals surface area contributed by atoms with Crippen LogP contribution in [0.15, 0.2) is 53.4 Å². The van der Waals surface area contributed by atoms with E-state index in [4.69, 9.17) is 4.74 Å². The van der Waals surface area contributed by atoms with E-state index in [0.717, 1.165) is 35.5 Å². The Hall–Kier alpha value is -3.17. The molecular formula is C25H30N4O4S. The zero-order valence-corrected chi connectivity index (χ0v) is 20.6. The van der Waals surface area contributed by atoms with Crippen LogP contribution in [-0.4, -0.2) is 55.2 Å². The molecule has 0 unspecified atom stereocenters. The number of sulfonamides is 1. The number of aromatic nitrogens is 2. The van der Waals surface area contributed by atoms with Crippen molar-refractivity contribution < 1.29 is 17.9 Å². The highest BCUT2D eigenvalue weighted by molar-refractivity contribution is 7.89. The maximum Gasteiger partial charge on any atom is 0.251 e. The molecule has 1 aromatic heterocycles. The first-order chi connectivity index (χ1) is 16.3. The first-order valence-electron chi connectivity index (χ1n) is 11.4. The summed E-state index contributed by atoms with van der Waals surface area (Å²) in [5, 5.41) is 7.38. The minimum atomic E-state index is -3.71. The molecule has 1 saturated heterocycles. The molecule has 8 nitrogen and oxygen atoms in total. The third kappa shape index (κ3) is 5.00. The van der Waals surface area contributed by atoms with Gasteiger partial charge in [0.15, 0.2) is 0 Å². The lowest BCUT2D eigenvalue weighted by Crippen LogP contribution is -2.29. The summed E-state index contributed by atoms with van der Waals surface area (Å²) in [5.74, 6) is -0.0778. The van der Waals surface area contributed by atoms with Crippen LogP contribution in [0.3, 0.4) is 0 Å². The van der Waals surface area contributed by atoms with Crippen LogP contribution >= 0.6 is 0 Å². The summed E-state index contributed by atoms with van der Waals surface area (Å²) in [6.07, 6.45) is 2.33. The number of hydrogen-bond acceptors (Lipinski definition) is 5. The number of nitrogens with one attached hydrogen (secondary N) is 1. The summed E-state index contributed by atoms with van der Waals surface area (Å²) >= 11 is 0. The molecule has 0 radical (unpaired) electrons.